The number of carbonyl (C=O) groups is 1. The highest BCUT2D eigenvalue weighted by atomic mass is 35.5. The molecule has 192 valence electrons. The summed E-state index contributed by atoms with van der Waals surface area (Å²) in [5, 5.41) is 28.8. The van der Waals surface area contributed by atoms with Crippen LogP contribution in [0.5, 0.6) is 5.75 Å². The summed E-state index contributed by atoms with van der Waals surface area (Å²) in [6.45, 7) is 3.06. The van der Waals surface area contributed by atoms with E-state index in [1.54, 1.807) is 30.3 Å². The molecule has 0 saturated carbocycles. The van der Waals surface area contributed by atoms with Gasteiger partial charge in [-0.25, -0.2) is 0 Å². The predicted molar refractivity (Wildman–Crippen MR) is 142 cm³/mol. The number of nitrogens with zero attached hydrogens (tertiary/aromatic N) is 1. The van der Waals surface area contributed by atoms with Crippen molar-refractivity contribution in [3.05, 3.63) is 74.0 Å². The minimum absolute atomic E-state index is 0.0275. The molecule has 10 heteroatoms. The van der Waals surface area contributed by atoms with Crippen LogP contribution < -0.4 is 16.2 Å². The van der Waals surface area contributed by atoms with Gasteiger partial charge in [0.15, 0.2) is 0 Å². The number of benzene rings is 2. The van der Waals surface area contributed by atoms with Gasteiger partial charge in [0.1, 0.15) is 5.75 Å². The van der Waals surface area contributed by atoms with Crippen molar-refractivity contribution >= 4 is 40.0 Å². The minimum atomic E-state index is -0.785. The number of aromatic amines is 1. The van der Waals surface area contributed by atoms with E-state index in [-0.39, 0.29) is 23.3 Å². The lowest BCUT2D eigenvalue weighted by Gasteiger charge is -2.32. The number of aromatic hydroxyl groups is 1. The van der Waals surface area contributed by atoms with E-state index in [1.807, 2.05) is 0 Å². The molecule has 2 aromatic carbocycles. The van der Waals surface area contributed by atoms with Crippen molar-refractivity contribution in [3.8, 4) is 5.75 Å². The van der Waals surface area contributed by atoms with Gasteiger partial charge in [-0.1, -0.05) is 35.3 Å². The Labute approximate surface area is 219 Å². The van der Waals surface area contributed by atoms with Gasteiger partial charge in [0.25, 0.3) is 0 Å². The van der Waals surface area contributed by atoms with Crippen LogP contribution in [-0.2, 0) is 11.3 Å². The number of pyridine rings is 1. The molecule has 5 N–H and O–H groups in total. The van der Waals surface area contributed by atoms with Crippen LogP contribution in [0.2, 0.25) is 10.0 Å². The average molecular weight is 533 g/mol. The van der Waals surface area contributed by atoms with E-state index in [4.69, 9.17) is 23.2 Å². The van der Waals surface area contributed by atoms with Crippen LogP contribution in [0, 0.1) is 0 Å². The number of hydrogen-bond acceptors (Lipinski definition) is 6. The zero-order valence-corrected chi connectivity index (χ0v) is 21.3. The number of likely N-dealkylation sites (tertiary alicyclic amines) is 1. The summed E-state index contributed by atoms with van der Waals surface area (Å²) in [6, 6.07) is 11.7. The Balaban J connectivity index is 1.19. The molecule has 0 radical (unpaired) electrons. The van der Waals surface area contributed by atoms with Gasteiger partial charge in [-0.3, -0.25) is 9.59 Å². The molecule has 1 saturated heterocycles. The maximum Gasteiger partial charge on any atom is 0.248 e. The number of nitrogens with one attached hydrogen (secondary N) is 3. The Morgan fingerprint density at radius 2 is 1.83 bits per heavy atom. The first-order valence-corrected chi connectivity index (χ1v) is 12.8. The van der Waals surface area contributed by atoms with Gasteiger partial charge in [-0.15, -0.1) is 0 Å². The van der Waals surface area contributed by atoms with Crippen LogP contribution in [0.1, 0.15) is 36.5 Å². The van der Waals surface area contributed by atoms with E-state index in [0.29, 0.717) is 52.6 Å². The van der Waals surface area contributed by atoms with E-state index in [9.17, 15) is 19.8 Å². The summed E-state index contributed by atoms with van der Waals surface area (Å²) in [5.41, 5.74) is 1.38. The summed E-state index contributed by atoms with van der Waals surface area (Å²) in [4.78, 5) is 28.8. The SMILES string of the molecule is O=C(CCN1CCC(NC[C@@H](O)c2ccc(O)c3[nH]c(=O)ccc23)CC1)NCc1c(Cl)cccc1Cl. The van der Waals surface area contributed by atoms with E-state index in [0.717, 1.165) is 31.5 Å². The van der Waals surface area contributed by atoms with Crippen molar-refractivity contribution in [1.82, 2.24) is 20.5 Å². The first-order chi connectivity index (χ1) is 17.3. The number of rotatable bonds is 9. The van der Waals surface area contributed by atoms with Gasteiger partial charge in [-0.2, -0.15) is 0 Å². The third-order valence-electron chi connectivity index (χ3n) is 6.63. The highest BCUT2D eigenvalue weighted by Crippen LogP contribution is 2.29. The van der Waals surface area contributed by atoms with Gasteiger partial charge in [-0.05, 0) is 55.8 Å². The summed E-state index contributed by atoms with van der Waals surface area (Å²) in [7, 11) is 0. The quantitative estimate of drug-likeness (QED) is 0.288. The van der Waals surface area contributed by atoms with Crippen molar-refractivity contribution in [2.24, 2.45) is 0 Å². The number of phenols is 1. The Morgan fingerprint density at radius 1 is 1.11 bits per heavy atom. The molecule has 0 spiro atoms. The second kappa shape index (κ2) is 12.1. The Hall–Kier alpha value is -2.62. The molecule has 0 aliphatic carbocycles. The number of phenolic OH excluding ortho intramolecular Hbond substituents is 1. The lowest BCUT2D eigenvalue weighted by atomic mass is 10.0. The van der Waals surface area contributed by atoms with E-state index < -0.39 is 6.10 Å². The van der Waals surface area contributed by atoms with Crippen LogP contribution in [0.15, 0.2) is 47.3 Å². The number of amides is 1. The molecule has 0 bridgehead atoms. The zero-order valence-electron chi connectivity index (χ0n) is 19.8. The molecule has 1 aliphatic rings. The predicted octanol–water partition coefficient (Wildman–Crippen LogP) is 3.33. The number of aliphatic hydroxyl groups excluding tert-OH is 1. The summed E-state index contributed by atoms with van der Waals surface area (Å²) in [5.74, 6) is -0.0721. The van der Waals surface area contributed by atoms with Crippen molar-refractivity contribution in [1.29, 1.82) is 0 Å². The van der Waals surface area contributed by atoms with E-state index in [2.05, 4.69) is 20.5 Å². The van der Waals surface area contributed by atoms with Crippen molar-refractivity contribution in [3.63, 3.8) is 0 Å². The van der Waals surface area contributed by atoms with E-state index in [1.165, 1.54) is 12.1 Å². The minimum Gasteiger partial charge on any atom is -0.506 e. The second-order valence-electron chi connectivity index (χ2n) is 9.05. The molecular formula is C26H30Cl2N4O4. The average Bonchev–Trinajstić information content (AvgIpc) is 2.87. The van der Waals surface area contributed by atoms with Gasteiger partial charge >= 0.3 is 0 Å². The van der Waals surface area contributed by atoms with Crippen LogP contribution in [0.3, 0.4) is 0 Å². The standard InChI is InChI=1S/C26H30Cl2N4O4/c27-20-2-1-3-21(28)19(20)14-30-24(35)10-13-32-11-8-16(9-12-32)29-15-23(34)17-4-6-22(33)26-18(17)5-7-25(36)31-26/h1-7,16,23,29,33-34H,8-15H2,(H,30,35)(H,31,36)/t23-/m1/s1. The molecule has 1 fully saturated rings. The summed E-state index contributed by atoms with van der Waals surface area (Å²) in [6.07, 6.45) is 1.43. The molecule has 3 aromatic rings. The summed E-state index contributed by atoms with van der Waals surface area (Å²) < 4.78 is 0. The van der Waals surface area contributed by atoms with Crippen molar-refractivity contribution in [2.75, 3.05) is 26.2 Å². The lowest BCUT2D eigenvalue weighted by Crippen LogP contribution is -2.44. The fourth-order valence-corrected chi connectivity index (χ4v) is 5.07. The third kappa shape index (κ3) is 6.57. The Morgan fingerprint density at radius 3 is 2.56 bits per heavy atom. The number of halogens is 2. The second-order valence-corrected chi connectivity index (χ2v) is 9.87. The van der Waals surface area contributed by atoms with Gasteiger partial charge in [0.2, 0.25) is 11.5 Å². The van der Waals surface area contributed by atoms with Gasteiger partial charge < -0.3 is 30.7 Å². The molecule has 36 heavy (non-hydrogen) atoms. The number of hydrogen-bond donors (Lipinski definition) is 5. The smallest absolute Gasteiger partial charge is 0.248 e. The first kappa shape index (κ1) is 26.4. The van der Waals surface area contributed by atoms with Gasteiger partial charge in [0, 0.05) is 59.2 Å². The number of fused-ring (bicyclic) bond motifs is 1. The maximum absolute atomic E-state index is 12.3. The molecule has 4 rings (SSSR count). The number of H-pyrrole nitrogens is 1. The van der Waals surface area contributed by atoms with Crippen LogP contribution in [0.4, 0.5) is 0 Å². The fraction of sp³-hybridized carbons (Fsp3) is 0.385. The first-order valence-electron chi connectivity index (χ1n) is 12.0. The highest BCUT2D eigenvalue weighted by Gasteiger charge is 2.21. The van der Waals surface area contributed by atoms with Gasteiger partial charge in [0.05, 0.1) is 11.6 Å². The van der Waals surface area contributed by atoms with Crippen LogP contribution >= 0.6 is 23.2 Å². The third-order valence-corrected chi connectivity index (χ3v) is 7.34. The zero-order chi connectivity index (χ0) is 25.7. The van der Waals surface area contributed by atoms with Crippen LogP contribution in [-0.4, -0.2) is 58.2 Å². The molecule has 2 heterocycles. The molecule has 0 unspecified atom stereocenters. The molecule has 8 nitrogen and oxygen atoms in total. The maximum atomic E-state index is 12.3. The molecule has 1 aromatic heterocycles. The monoisotopic (exact) mass is 532 g/mol. The highest BCUT2D eigenvalue weighted by molar-refractivity contribution is 6.36. The topological polar surface area (TPSA) is 118 Å². The molecule has 1 amide bonds. The lowest BCUT2D eigenvalue weighted by molar-refractivity contribution is -0.121. The Kier molecular flexibility index (Phi) is 8.87. The number of piperidine rings is 1. The number of aromatic nitrogens is 1. The van der Waals surface area contributed by atoms with Crippen LogP contribution in [0.25, 0.3) is 10.9 Å². The fourth-order valence-electron chi connectivity index (χ4n) is 4.53. The molecule has 1 atom stereocenters. The number of carbonyl (C=O) groups excluding carboxylic acids is 1. The van der Waals surface area contributed by atoms with E-state index >= 15 is 0 Å². The normalized spacial score (nSPS) is 15.8. The van der Waals surface area contributed by atoms with Crippen molar-refractivity contribution in [2.45, 2.75) is 38.0 Å². The number of aliphatic hydroxyl groups is 1. The molecule has 1 aliphatic heterocycles. The summed E-state index contributed by atoms with van der Waals surface area (Å²) >= 11 is 12.3. The van der Waals surface area contributed by atoms with Crippen molar-refractivity contribution < 1.29 is 15.0 Å². The molecular weight excluding hydrogens is 503 g/mol. The largest absolute Gasteiger partial charge is 0.506 e. The Bertz CT molecular complexity index is 1250.